The molecule has 2 N–H and O–H groups in total. The molecule has 0 aliphatic carbocycles. The summed E-state index contributed by atoms with van der Waals surface area (Å²) in [6.45, 7) is 2.14. The number of aliphatic carboxylic acids is 1. The lowest BCUT2D eigenvalue weighted by Crippen LogP contribution is -2.02. The van der Waals surface area contributed by atoms with Gasteiger partial charge in [0.1, 0.15) is 0 Å². The van der Waals surface area contributed by atoms with Crippen molar-refractivity contribution in [3.8, 4) is 23.7 Å². The Balaban J connectivity index is 3.69. The number of hydrogen-bond donors (Lipinski definition) is 2. The summed E-state index contributed by atoms with van der Waals surface area (Å²) in [5.41, 5.74) is 0. The van der Waals surface area contributed by atoms with Crippen LogP contribution in [0.15, 0.2) is 34.9 Å². The average molecular weight is 435 g/mol. The Morgan fingerprint density at radius 3 is 2.63 bits per heavy atom. The maximum atomic E-state index is 10.3. The minimum Gasteiger partial charge on any atom is -0.481 e. The first-order valence-corrected chi connectivity index (χ1v) is 10.4. The predicted molar refractivity (Wildman–Crippen MR) is 116 cm³/mol. The quantitative estimate of drug-likeness (QED) is 0.220. The van der Waals surface area contributed by atoms with E-state index in [0.29, 0.717) is 6.42 Å². The van der Waals surface area contributed by atoms with Crippen molar-refractivity contribution in [3.63, 3.8) is 0 Å². The number of allylic oxidation sites excluding steroid dienone is 5. The zero-order chi connectivity index (χ0) is 20.2. The van der Waals surface area contributed by atoms with Gasteiger partial charge in [-0.2, -0.15) is 0 Å². The summed E-state index contributed by atoms with van der Waals surface area (Å²) in [5.74, 6) is 10.0. The summed E-state index contributed by atoms with van der Waals surface area (Å²) in [7, 11) is 0. The van der Waals surface area contributed by atoms with Crippen molar-refractivity contribution in [2.75, 3.05) is 0 Å². The van der Waals surface area contributed by atoms with E-state index in [4.69, 9.17) is 5.11 Å². The summed E-state index contributed by atoms with van der Waals surface area (Å²) in [4.78, 5) is 10.3. The van der Waals surface area contributed by atoms with Crippen molar-refractivity contribution < 1.29 is 15.0 Å². The molecular weight excluding hydrogens is 404 g/mol. The van der Waals surface area contributed by atoms with Crippen LogP contribution in [-0.4, -0.2) is 22.3 Å². The molecule has 0 saturated heterocycles. The van der Waals surface area contributed by atoms with E-state index in [2.05, 4.69) is 52.6 Å². The van der Waals surface area contributed by atoms with E-state index in [1.54, 1.807) is 6.08 Å². The second-order valence-electron chi connectivity index (χ2n) is 6.17. The largest absolute Gasteiger partial charge is 0.481 e. The first-order valence-electron chi connectivity index (χ1n) is 9.63. The molecule has 0 bridgehead atoms. The molecule has 0 spiro atoms. The molecule has 3 nitrogen and oxygen atoms in total. The van der Waals surface area contributed by atoms with Crippen LogP contribution in [0.2, 0.25) is 0 Å². The molecule has 0 radical (unpaired) electrons. The van der Waals surface area contributed by atoms with Crippen LogP contribution in [-0.2, 0) is 4.79 Å². The summed E-state index contributed by atoms with van der Waals surface area (Å²) in [6, 6.07) is 0. The molecule has 0 heterocycles. The lowest BCUT2D eigenvalue weighted by molar-refractivity contribution is -0.136. The molecule has 0 amide bonds. The van der Waals surface area contributed by atoms with Crippen molar-refractivity contribution >= 4 is 21.9 Å². The van der Waals surface area contributed by atoms with Crippen LogP contribution in [0.5, 0.6) is 0 Å². The minimum atomic E-state index is -0.837. The second kappa shape index (κ2) is 19.0. The van der Waals surface area contributed by atoms with Gasteiger partial charge in [-0.05, 0) is 49.7 Å². The molecule has 148 valence electrons. The van der Waals surface area contributed by atoms with Gasteiger partial charge in [0, 0.05) is 10.9 Å². The van der Waals surface area contributed by atoms with Crippen LogP contribution in [0.3, 0.4) is 0 Å². The van der Waals surface area contributed by atoms with Crippen LogP contribution in [0.25, 0.3) is 0 Å². The topological polar surface area (TPSA) is 57.5 Å². The average Bonchev–Trinajstić information content (AvgIpc) is 2.62. The number of rotatable bonds is 13. The van der Waals surface area contributed by atoms with E-state index < -0.39 is 12.1 Å². The third kappa shape index (κ3) is 20.4. The molecule has 1 atom stereocenters. The van der Waals surface area contributed by atoms with Crippen molar-refractivity contribution in [2.24, 2.45) is 0 Å². The molecule has 27 heavy (non-hydrogen) atoms. The normalized spacial score (nSPS) is 12.5. The Kier molecular flexibility index (Phi) is 17.8. The Bertz CT molecular complexity index is 609. The van der Waals surface area contributed by atoms with Crippen LogP contribution in [0.1, 0.15) is 71.1 Å². The van der Waals surface area contributed by atoms with E-state index in [-0.39, 0.29) is 6.42 Å². The number of aliphatic hydroxyl groups is 1. The van der Waals surface area contributed by atoms with Gasteiger partial charge in [0.15, 0.2) is 0 Å². The highest BCUT2D eigenvalue weighted by molar-refractivity contribution is 9.11. The number of unbranched alkanes of at least 4 members (excludes halogenated alkanes) is 5. The number of carbonyl (C=O) groups is 1. The van der Waals surface area contributed by atoms with Crippen molar-refractivity contribution in [1.29, 1.82) is 0 Å². The molecule has 0 aliphatic rings. The number of halogens is 1. The van der Waals surface area contributed by atoms with Crippen molar-refractivity contribution in [3.05, 3.63) is 34.9 Å². The van der Waals surface area contributed by atoms with E-state index in [0.717, 1.165) is 55.8 Å². The third-order valence-electron chi connectivity index (χ3n) is 3.59. The Labute approximate surface area is 172 Å². The first-order chi connectivity index (χ1) is 13.1. The SMILES string of the molecule is CCC/C=C/C(Br)=CC(O)CCCCCC/C=C/C#CC#CCCC(=O)O. The third-order valence-corrected chi connectivity index (χ3v) is 4.12. The summed E-state index contributed by atoms with van der Waals surface area (Å²) < 4.78 is 0.946. The fourth-order valence-corrected chi connectivity index (χ4v) is 2.64. The van der Waals surface area contributed by atoms with Gasteiger partial charge < -0.3 is 10.2 Å². The number of hydrogen-bond acceptors (Lipinski definition) is 2. The molecular formula is C23H31BrO3. The van der Waals surface area contributed by atoms with Crippen LogP contribution >= 0.6 is 15.9 Å². The smallest absolute Gasteiger partial charge is 0.304 e. The highest BCUT2D eigenvalue weighted by Crippen LogP contribution is 2.13. The highest BCUT2D eigenvalue weighted by atomic mass is 79.9. The van der Waals surface area contributed by atoms with E-state index in [1.807, 2.05) is 18.2 Å². The summed E-state index contributed by atoms with van der Waals surface area (Å²) in [5, 5.41) is 18.4. The fraction of sp³-hybridized carbons (Fsp3) is 0.522. The van der Waals surface area contributed by atoms with E-state index >= 15 is 0 Å². The monoisotopic (exact) mass is 434 g/mol. The maximum absolute atomic E-state index is 10.3. The lowest BCUT2D eigenvalue weighted by Gasteiger charge is -2.05. The molecule has 0 aromatic carbocycles. The van der Waals surface area contributed by atoms with Gasteiger partial charge in [-0.3, -0.25) is 4.79 Å². The van der Waals surface area contributed by atoms with Crippen LogP contribution in [0, 0.1) is 23.7 Å². The summed E-state index contributed by atoms with van der Waals surface area (Å²) in [6.07, 6.45) is 18.1. The Hall–Kier alpha value is -1.75. The first kappa shape index (κ1) is 25.2. The standard InChI is InChI=1S/C23H31BrO3/c1-2-3-14-17-21(24)20-22(25)18-15-12-10-8-6-4-5-7-9-11-13-16-19-23(26)27/h4-5,14,17,20,22,25H,2-3,6,8,10,12,15-16,18-19H2,1H3,(H,26,27)/b5-4+,17-14+,21-20?. The Morgan fingerprint density at radius 2 is 1.89 bits per heavy atom. The van der Waals surface area contributed by atoms with Gasteiger partial charge >= 0.3 is 5.97 Å². The van der Waals surface area contributed by atoms with E-state index in [9.17, 15) is 9.90 Å². The molecule has 0 aromatic rings. The van der Waals surface area contributed by atoms with Gasteiger partial charge in [0.2, 0.25) is 0 Å². The predicted octanol–water partition coefficient (Wildman–Crippen LogP) is 5.75. The van der Waals surface area contributed by atoms with E-state index in [1.165, 1.54) is 0 Å². The minimum absolute atomic E-state index is 0.0606. The van der Waals surface area contributed by atoms with Gasteiger partial charge in [-0.15, -0.1) is 0 Å². The highest BCUT2D eigenvalue weighted by Gasteiger charge is 2.00. The molecule has 0 rings (SSSR count). The zero-order valence-electron chi connectivity index (χ0n) is 16.2. The molecule has 0 fully saturated rings. The van der Waals surface area contributed by atoms with Gasteiger partial charge in [0.05, 0.1) is 12.5 Å². The molecule has 0 saturated carbocycles. The molecule has 0 aromatic heterocycles. The number of aliphatic hydroxyl groups excluding tert-OH is 1. The molecule has 1 unspecified atom stereocenters. The molecule has 0 aliphatic heterocycles. The van der Waals surface area contributed by atoms with Crippen molar-refractivity contribution in [1.82, 2.24) is 0 Å². The summed E-state index contributed by atoms with van der Waals surface area (Å²) >= 11 is 3.46. The van der Waals surface area contributed by atoms with Gasteiger partial charge in [-0.1, -0.05) is 78.6 Å². The zero-order valence-corrected chi connectivity index (χ0v) is 17.8. The Morgan fingerprint density at radius 1 is 1.11 bits per heavy atom. The van der Waals surface area contributed by atoms with Gasteiger partial charge in [-0.25, -0.2) is 0 Å². The fourth-order valence-electron chi connectivity index (χ4n) is 2.15. The van der Waals surface area contributed by atoms with Crippen molar-refractivity contribution in [2.45, 2.75) is 77.2 Å². The van der Waals surface area contributed by atoms with Gasteiger partial charge in [0.25, 0.3) is 0 Å². The maximum Gasteiger partial charge on any atom is 0.304 e. The van der Waals surface area contributed by atoms with Crippen LogP contribution < -0.4 is 0 Å². The number of carboxylic acids is 1. The van der Waals surface area contributed by atoms with Crippen LogP contribution in [0.4, 0.5) is 0 Å². The molecule has 4 heteroatoms. The lowest BCUT2D eigenvalue weighted by atomic mass is 10.1. The number of carboxylic acid groups (broad SMARTS) is 1. The second-order valence-corrected chi connectivity index (χ2v) is 7.08.